The zero-order valence-corrected chi connectivity index (χ0v) is 25.4. The van der Waals surface area contributed by atoms with E-state index in [2.05, 4.69) is 16.0 Å². The summed E-state index contributed by atoms with van der Waals surface area (Å²) in [4.78, 5) is 38.4. The van der Waals surface area contributed by atoms with Gasteiger partial charge in [0.1, 0.15) is 5.75 Å². The average Bonchev–Trinajstić information content (AvgIpc) is 2.97. The lowest BCUT2D eigenvalue weighted by Gasteiger charge is -2.31. The van der Waals surface area contributed by atoms with Gasteiger partial charge in [0.2, 0.25) is 0 Å². The molecule has 2 aromatic rings. The second kappa shape index (κ2) is 16.3. The predicted molar refractivity (Wildman–Crippen MR) is 165 cm³/mol. The number of dihydropyridines is 1. The third-order valence-electron chi connectivity index (χ3n) is 6.61. The molecule has 1 amide bonds. The Morgan fingerprint density at radius 3 is 2.05 bits per heavy atom. The highest BCUT2D eigenvalue weighted by atomic mass is 32.1. The Kier molecular flexibility index (Phi) is 12.6. The number of para-hydroxylation sites is 1. The van der Waals surface area contributed by atoms with Crippen molar-refractivity contribution >= 4 is 35.2 Å². The molecule has 0 bridgehead atoms. The highest BCUT2D eigenvalue weighted by Gasteiger charge is 2.39. The Bertz CT molecular complexity index is 1300. The first kappa shape index (κ1) is 32.3. The molecule has 0 spiro atoms. The van der Waals surface area contributed by atoms with E-state index in [-0.39, 0.29) is 24.2 Å². The molecule has 42 heavy (non-hydrogen) atoms. The van der Waals surface area contributed by atoms with Gasteiger partial charge in [0.15, 0.2) is 5.11 Å². The van der Waals surface area contributed by atoms with Crippen LogP contribution in [0.15, 0.2) is 77.1 Å². The van der Waals surface area contributed by atoms with Gasteiger partial charge >= 0.3 is 11.9 Å². The summed E-state index contributed by atoms with van der Waals surface area (Å²) in [7, 11) is 0. The van der Waals surface area contributed by atoms with E-state index in [1.165, 1.54) is 0 Å². The number of hydrogen-bond donors (Lipinski definition) is 3. The number of hydrogen-bond acceptors (Lipinski definition) is 8. The summed E-state index contributed by atoms with van der Waals surface area (Å²) in [5.41, 5.74) is 3.16. The third kappa shape index (κ3) is 8.66. The van der Waals surface area contributed by atoms with Gasteiger partial charge in [-0.05, 0) is 77.4 Å². The maximum atomic E-state index is 13.1. The van der Waals surface area contributed by atoms with Crippen LogP contribution in [0.2, 0.25) is 0 Å². The summed E-state index contributed by atoms with van der Waals surface area (Å²) in [5, 5.41) is 9.18. The molecule has 9 nitrogen and oxygen atoms in total. The molecular weight excluding hydrogens is 554 g/mol. The normalized spacial score (nSPS) is 13.2. The highest BCUT2D eigenvalue weighted by Crippen LogP contribution is 2.42. The van der Waals surface area contributed by atoms with Crippen LogP contribution < -0.4 is 20.7 Å². The van der Waals surface area contributed by atoms with E-state index in [0.717, 1.165) is 19.3 Å². The van der Waals surface area contributed by atoms with Crippen LogP contribution in [0.1, 0.15) is 68.8 Å². The Balaban J connectivity index is 1.61. The molecule has 0 saturated carbocycles. The van der Waals surface area contributed by atoms with Crippen molar-refractivity contribution in [2.24, 2.45) is 0 Å². The van der Waals surface area contributed by atoms with Crippen molar-refractivity contribution in [3.8, 4) is 5.75 Å². The van der Waals surface area contributed by atoms with Crippen molar-refractivity contribution in [2.75, 3.05) is 26.4 Å². The van der Waals surface area contributed by atoms with Crippen LogP contribution in [0.5, 0.6) is 5.75 Å². The molecule has 0 radical (unpaired) electrons. The lowest BCUT2D eigenvalue weighted by atomic mass is 9.80. The molecule has 0 unspecified atom stereocenters. The first-order valence-electron chi connectivity index (χ1n) is 14.2. The second-order valence-corrected chi connectivity index (χ2v) is 10.0. The van der Waals surface area contributed by atoms with Crippen molar-refractivity contribution in [1.29, 1.82) is 0 Å². The Morgan fingerprint density at radius 2 is 1.43 bits per heavy atom. The Labute approximate surface area is 252 Å². The standard InChI is InChI=1S/C32H39N3O6S/c1-5-39-30(37)26-21(3)34-22(4)27(31(38)40-6-2)28(26)24-17-11-12-18-25(24)41-20-14-8-13-19-33-32(42)35-29(36)23-15-9-7-10-16-23/h7,9-12,15-18,28,34H,5-6,8,13-14,19-20H2,1-4H3,(H2,33,35,36,42). The summed E-state index contributed by atoms with van der Waals surface area (Å²) in [6.45, 7) is 8.53. The lowest BCUT2D eigenvalue weighted by Crippen LogP contribution is -2.39. The number of thiocarbonyl (C=S) groups is 1. The van der Waals surface area contributed by atoms with Crippen LogP contribution in [0.3, 0.4) is 0 Å². The fourth-order valence-electron chi connectivity index (χ4n) is 4.71. The zero-order valence-electron chi connectivity index (χ0n) is 24.6. The van der Waals surface area contributed by atoms with Gasteiger partial charge in [-0.3, -0.25) is 10.1 Å². The van der Waals surface area contributed by atoms with E-state index < -0.39 is 17.9 Å². The van der Waals surface area contributed by atoms with E-state index in [4.69, 9.17) is 26.4 Å². The number of carbonyl (C=O) groups excluding carboxylic acids is 3. The molecule has 0 fully saturated rings. The minimum atomic E-state index is -0.711. The quantitative estimate of drug-likeness (QED) is 0.169. The van der Waals surface area contributed by atoms with Crippen molar-refractivity contribution in [2.45, 2.75) is 52.9 Å². The Morgan fingerprint density at radius 1 is 0.833 bits per heavy atom. The van der Waals surface area contributed by atoms with Crippen molar-refractivity contribution in [3.63, 3.8) is 0 Å². The molecule has 1 aliphatic rings. The first-order valence-corrected chi connectivity index (χ1v) is 14.6. The van der Waals surface area contributed by atoms with Gasteiger partial charge < -0.3 is 24.8 Å². The lowest BCUT2D eigenvalue weighted by molar-refractivity contribution is -0.139. The SMILES string of the molecule is CCOC(=O)C1=C(C)NC(C)=C(C(=O)OCC)C1c1ccccc1OCCCCCNC(=S)NC(=O)c1ccccc1. The Hall–Kier alpha value is -4.18. The molecule has 0 atom stereocenters. The number of esters is 2. The van der Waals surface area contributed by atoms with Crippen LogP contribution in [-0.4, -0.2) is 49.3 Å². The van der Waals surface area contributed by atoms with E-state index in [0.29, 0.717) is 52.6 Å². The average molecular weight is 594 g/mol. The summed E-state index contributed by atoms with van der Waals surface area (Å²) in [6, 6.07) is 16.3. The topological polar surface area (TPSA) is 115 Å². The van der Waals surface area contributed by atoms with Crippen LogP contribution in [0, 0.1) is 0 Å². The molecule has 224 valence electrons. The van der Waals surface area contributed by atoms with E-state index >= 15 is 0 Å². The summed E-state index contributed by atoms with van der Waals surface area (Å²) >= 11 is 5.23. The molecule has 1 heterocycles. The van der Waals surface area contributed by atoms with Gasteiger partial charge in [0.25, 0.3) is 5.91 Å². The molecule has 0 aromatic heterocycles. The van der Waals surface area contributed by atoms with E-state index in [9.17, 15) is 14.4 Å². The molecule has 0 aliphatic carbocycles. The molecular formula is C32H39N3O6S. The summed E-state index contributed by atoms with van der Waals surface area (Å²) < 4.78 is 16.9. The maximum Gasteiger partial charge on any atom is 0.336 e. The predicted octanol–water partition coefficient (Wildman–Crippen LogP) is 4.90. The van der Waals surface area contributed by atoms with Gasteiger partial charge in [-0.2, -0.15) is 0 Å². The summed E-state index contributed by atoms with van der Waals surface area (Å²) in [6.07, 6.45) is 2.45. The first-order chi connectivity index (χ1) is 20.3. The van der Waals surface area contributed by atoms with Crippen LogP contribution in [-0.2, 0) is 19.1 Å². The number of nitrogens with one attached hydrogen (secondary N) is 3. The zero-order chi connectivity index (χ0) is 30.5. The fourth-order valence-corrected chi connectivity index (χ4v) is 4.91. The molecule has 3 N–H and O–H groups in total. The molecule has 1 aliphatic heterocycles. The maximum absolute atomic E-state index is 13.1. The fraction of sp³-hybridized carbons (Fsp3) is 0.375. The van der Waals surface area contributed by atoms with Gasteiger partial charge in [0.05, 0.1) is 36.9 Å². The number of ether oxygens (including phenoxy) is 3. The number of allylic oxidation sites excluding steroid dienone is 2. The van der Waals surface area contributed by atoms with Gasteiger partial charge in [-0.15, -0.1) is 0 Å². The van der Waals surface area contributed by atoms with Crippen molar-refractivity contribution in [1.82, 2.24) is 16.0 Å². The van der Waals surface area contributed by atoms with Gasteiger partial charge in [-0.25, -0.2) is 9.59 Å². The number of amides is 1. The van der Waals surface area contributed by atoms with Crippen LogP contribution >= 0.6 is 12.2 Å². The summed E-state index contributed by atoms with van der Waals surface area (Å²) in [5.74, 6) is -1.38. The van der Waals surface area contributed by atoms with E-state index in [1.807, 2.05) is 30.3 Å². The number of carbonyl (C=O) groups is 3. The van der Waals surface area contributed by atoms with Crippen molar-refractivity contribution < 1.29 is 28.6 Å². The molecule has 10 heteroatoms. The van der Waals surface area contributed by atoms with Gasteiger partial charge in [-0.1, -0.05) is 36.4 Å². The minimum absolute atomic E-state index is 0.205. The van der Waals surface area contributed by atoms with Gasteiger partial charge in [0, 0.05) is 29.1 Å². The van der Waals surface area contributed by atoms with E-state index in [1.54, 1.807) is 52.0 Å². The van der Waals surface area contributed by atoms with Crippen LogP contribution in [0.25, 0.3) is 0 Å². The minimum Gasteiger partial charge on any atom is -0.493 e. The monoisotopic (exact) mass is 593 g/mol. The number of rotatable bonds is 13. The second-order valence-electron chi connectivity index (χ2n) is 9.60. The third-order valence-corrected chi connectivity index (χ3v) is 6.85. The largest absolute Gasteiger partial charge is 0.493 e. The smallest absolute Gasteiger partial charge is 0.336 e. The molecule has 2 aromatic carbocycles. The van der Waals surface area contributed by atoms with Crippen LogP contribution in [0.4, 0.5) is 0 Å². The van der Waals surface area contributed by atoms with Crippen molar-refractivity contribution in [3.05, 3.63) is 88.3 Å². The number of benzene rings is 2. The number of unbranched alkanes of at least 4 members (excludes halogenated alkanes) is 2. The molecule has 0 saturated heterocycles. The highest BCUT2D eigenvalue weighted by molar-refractivity contribution is 7.80. The molecule has 3 rings (SSSR count).